The first-order chi connectivity index (χ1) is 20.7. The van der Waals surface area contributed by atoms with E-state index >= 15 is 0 Å². The SMILES string of the molecule is CNc1ncnc(-c2cccnc2Oc2cc(C(=O)NC3=C(OCCN4CCCC4)C=CC(C(F)(F)F)C3)ccc2F)n1. The molecule has 2 N–H and O–H groups in total. The zero-order chi connectivity index (χ0) is 30.4. The van der Waals surface area contributed by atoms with Crippen LogP contribution in [0.15, 0.2) is 66.5 Å². The van der Waals surface area contributed by atoms with Crippen LogP contribution in [0.2, 0.25) is 0 Å². The highest BCUT2D eigenvalue weighted by atomic mass is 19.4. The Balaban J connectivity index is 1.35. The van der Waals surface area contributed by atoms with Crippen molar-refractivity contribution >= 4 is 11.9 Å². The van der Waals surface area contributed by atoms with Gasteiger partial charge in [-0.1, -0.05) is 6.08 Å². The van der Waals surface area contributed by atoms with E-state index in [4.69, 9.17) is 9.47 Å². The number of hydrogen-bond donors (Lipinski definition) is 2. The Kier molecular flexibility index (Phi) is 9.14. The van der Waals surface area contributed by atoms with Gasteiger partial charge in [0.05, 0.1) is 17.2 Å². The van der Waals surface area contributed by atoms with Gasteiger partial charge in [-0.05, 0) is 62.3 Å². The molecule has 0 bridgehead atoms. The van der Waals surface area contributed by atoms with E-state index in [0.29, 0.717) is 18.1 Å². The molecule has 1 aliphatic heterocycles. The summed E-state index contributed by atoms with van der Waals surface area (Å²) in [5.41, 5.74) is 0.280. The second kappa shape index (κ2) is 13.2. The molecule has 1 atom stereocenters. The van der Waals surface area contributed by atoms with Crippen molar-refractivity contribution in [3.05, 3.63) is 77.8 Å². The van der Waals surface area contributed by atoms with Crippen molar-refractivity contribution in [2.24, 2.45) is 5.92 Å². The minimum Gasteiger partial charge on any atom is -0.490 e. The van der Waals surface area contributed by atoms with E-state index in [1.807, 2.05) is 0 Å². The van der Waals surface area contributed by atoms with Gasteiger partial charge in [-0.3, -0.25) is 9.69 Å². The normalized spacial score (nSPS) is 17.2. The smallest absolute Gasteiger partial charge is 0.395 e. The number of alkyl halides is 3. The first kappa shape index (κ1) is 29.9. The molecule has 3 heterocycles. The predicted octanol–water partition coefficient (Wildman–Crippen LogP) is 5.10. The third-order valence-electron chi connectivity index (χ3n) is 6.96. The highest BCUT2D eigenvalue weighted by molar-refractivity contribution is 5.95. The second-order valence-corrected chi connectivity index (χ2v) is 9.89. The molecular weight excluding hydrogens is 570 g/mol. The third-order valence-corrected chi connectivity index (χ3v) is 6.96. The van der Waals surface area contributed by atoms with Crippen molar-refractivity contribution < 1.29 is 31.8 Å². The summed E-state index contributed by atoms with van der Waals surface area (Å²) in [4.78, 5) is 31.9. The Hall–Kier alpha value is -4.59. The number of nitrogens with one attached hydrogen (secondary N) is 2. The molecule has 1 aliphatic carbocycles. The van der Waals surface area contributed by atoms with E-state index in [0.717, 1.165) is 44.1 Å². The van der Waals surface area contributed by atoms with E-state index in [1.165, 1.54) is 24.7 Å². The van der Waals surface area contributed by atoms with Crippen molar-refractivity contribution in [3.63, 3.8) is 0 Å². The van der Waals surface area contributed by atoms with Gasteiger partial charge < -0.3 is 20.1 Å². The second-order valence-electron chi connectivity index (χ2n) is 9.89. The van der Waals surface area contributed by atoms with E-state index in [2.05, 4.69) is 35.5 Å². The number of anilines is 1. The number of carbonyl (C=O) groups excluding carboxylic acids is 1. The van der Waals surface area contributed by atoms with Crippen LogP contribution in [0.5, 0.6) is 11.6 Å². The van der Waals surface area contributed by atoms with Gasteiger partial charge in [-0.25, -0.2) is 19.3 Å². The Morgan fingerprint density at radius 1 is 1.14 bits per heavy atom. The minimum absolute atomic E-state index is 0.00905. The van der Waals surface area contributed by atoms with E-state index in [9.17, 15) is 22.4 Å². The Bertz CT molecular complexity index is 1520. The van der Waals surface area contributed by atoms with E-state index in [1.54, 1.807) is 19.2 Å². The number of halogens is 4. The number of amides is 1. The van der Waals surface area contributed by atoms with Crippen LogP contribution in [0.1, 0.15) is 29.6 Å². The summed E-state index contributed by atoms with van der Waals surface area (Å²) in [5.74, 6) is -3.03. The van der Waals surface area contributed by atoms with Gasteiger partial charge in [-0.15, -0.1) is 0 Å². The van der Waals surface area contributed by atoms with Gasteiger partial charge in [0.1, 0.15) is 18.7 Å². The van der Waals surface area contributed by atoms with E-state index < -0.39 is 30.2 Å². The van der Waals surface area contributed by atoms with Gasteiger partial charge in [0.25, 0.3) is 5.91 Å². The maximum atomic E-state index is 14.8. The summed E-state index contributed by atoms with van der Waals surface area (Å²) in [6, 6.07) is 6.62. The molecule has 2 aromatic heterocycles. The Morgan fingerprint density at radius 3 is 2.72 bits per heavy atom. The number of benzene rings is 1. The maximum absolute atomic E-state index is 14.8. The predicted molar refractivity (Wildman–Crippen MR) is 148 cm³/mol. The zero-order valence-electron chi connectivity index (χ0n) is 23.2. The molecule has 0 saturated carbocycles. The summed E-state index contributed by atoms with van der Waals surface area (Å²) in [6.45, 7) is 2.77. The largest absolute Gasteiger partial charge is 0.490 e. The van der Waals surface area contributed by atoms with E-state index in [-0.39, 0.29) is 41.1 Å². The standard InChI is InChI=1S/C29H29F4N7O3/c1-34-28-37-17-36-25(39-28)20-5-4-10-35-27(20)43-24-15-18(6-8-21(24)30)26(41)38-22-16-19(29(31,32)33)7-9-23(22)42-14-13-40-11-2-3-12-40/h4-10,15,17,19H,2-3,11-14,16H2,1H3,(H,38,41)(H,34,36,37,39). The molecule has 5 rings (SSSR count). The molecule has 43 heavy (non-hydrogen) atoms. The van der Waals surface area contributed by atoms with Crippen LogP contribution in [0.4, 0.5) is 23.5 Å². The number of aromatic nitrogens is 4. The van der Waals surface area contributed by atoms with Gasteiger partial charge in [0.2, 0.25) is 11.8 Å². The molecule has 14 heteroatoms. The molecule has 1 amide bonds. The van der Waals surface area contributed by atoms with Crippen LogP contribution in [0.25, 0.3) is 11.4 Å². The Labute approximate surface area is 244 Å². The highest BCUT2D eigenvalue weighted by Gasteiger charge is 2.40. The molecule has 0 radical (unpaired) electrons. The van der Waals surface area contributed by atoms with Gasteiger partial charge in [-0.2, -0.15) is 18.2 Å². The number of nitrogens with zero attached hydrogens (tertiary/aromatic N) is 5. The number of rotatable bonds is 10. The first-order valence-electron chi connectivity index (χ1n) is 13.7. The van der Waals surface area contributed by atoms with Crippen LogP contribution < -0.4 is 15.4 Å². The average Bonchev–Trinajstić information content (AvgIpc) is 3.52. The molecule has 1 aromatic carbocycles. The van der Waals surface area contributed by atoms with Crippen LogP contribution in [-0.4, -0.2) is 70.2 Å². The van der Waals surface area contributed by atoms with Crippen LogP contribution in [-0.2, 0) is 4.74 Å². The molecule has 226 valence electrons. The fraction of sp³-hybridized carbons (Fsp3) is 0.345. The lowest BCUT2D eigenvalue weighted by molar-refractivity contribution is -0.161. The number of carbonyl (C=O) groups is 1. The van der Waals surface area contributed by atoms with Crippen LogP contribution in [0, 0.1) is 11.7 Å². The van der Waals surface area contributed by atoms with Crippen molar-refractivity contribution in [1.82, 2.24) is 30.2 Å². The van der Waals surface area contributed by atoms with Gasteiger partial charge in [0, 0.05) is 31.8 Å². The monoisotopic (exact) mass is 599 g/mol. The summed E-state index contributed by atoms with van der Waals surface area (Å²) in [5, 5.41) is 5.35. The number of ether oxygens (including phenoxy) is 2. The Morgan fingerprint density at radius 2 is 1.95 bits per heavy atom. The summed E-state index contributed by atoms with van der Waals surface area (Å²) in [7, 11) is 1.64. The lowest BCUT2D eigenvalue weighted by Gasteiger charge is -2.25. The highest BCUT2D eigenvalue weighted by Crippen LogP contribution is 2.36. The molecule has 1 saturated heterocycles. The summed E-state index contributed by atoms with van der Waals surface area (Å²) < 4.78 is 67.0. The molecule has 1 unspecified atom stereocenters. The third kappa shape index (κ3) is 7.44. The molecule has 10 nitrogen and oxygen atoms in total. The quantitative estimate of drug-likeness (QED) is 0.307. The fourth-order valence-corrected chi connectivity index (χ4v) is 4.68. The van der Waals surface area contributed by atoms with Crippen LogP contribution >= 0.6 is 0 Å². The molecule has 1 fully saturated rings. The lowest BCUT2D eigenvalue weighted by Crippen LogP contribution is -2.32. The molecular formula is C29H29F4N7O3. The topological polar surface area (TPSA) is 114 Å². The maximum Gasteiger partial charge on any atom is 0.395 e. The van der Waals surface area contributed by atoms with Gasteiger partial charge >= 0.3 is 6.18 Å². The van der Waals surface area contributed by atoms with Gasteiger partial charge in [0.15, 0.2) is 17.4 Å². The first-order valence-corrected chi connectivity index (χ1v) is 13.7. The number of pyridine rings is 1. The number of likely N-dealkylation sites (tertiary alicyclic amines) is 1. The van der Waals surface area contributed by atoms with Crippen molar-refractivity contribution in [2.45, 2.75) is 25.4 Å². The molecule has 3 aromatic rings. The lowest BCUT2D eigenvalue weighted by atomic mass is 9.96. The minimum atomic E-state index is -4.50. The molecule has 0 spiro atoms. The average molecular weight is 600 g/mol. The summed E-state index contributed by atoms with van der Waals surface area (Å²) in [6.07, 6.45) is 2.17. The zero-order valence-corrected chi connectivity index (χ0v) is 23.2. The number of allylic oxidation sites excluding steroid dienone is 3. The van der Waals surface area contributed by atoms with Crippen molar-refractivity contribution in [3.8, 4) is 23.0 Å². The molecule has 2 aliphatic rings. The summed E-state index contributed by atoms with van der Waals surface area (Å²) >= 11 is 0. The fourth-order valence-electron chi connectivity index (χ4n) is 4.68. The number of hydrogen-bond acceptors (Lipinski definition) is 9. The van der Waals surface area contributed by atoms with Crippen molar-refractivity contribution in [2.75, 3.05) is 38.6 Å². The van der Waals surface area contributed by atoms with Crippen LogP contribution in [0.3, 0.4) is 0 Å². The van der Waals surface area contributed by atoms with Crippen molar-refractivity contribution in [1.29, 1.82) is 0 Å².